The third kappa shape index (κ3) is 7.01. The quantitative estimate of drug-likeness (QED) is 0.224. The summed E-state index contributed by atoms with van der Waals surface area (Å²) in [7, 11) is -3.90. The summed E-state index contributed by atoms with van der Waals surface area (Å²) in [5, 5.41) is 1.82. The first kappa shape index (κ1) is 29.6. The van der Waals surface area contributed by atoms with E-state index in [1.165, 1.54) is 15.4 Å². The molecule has 3 aromatic carbocycles. The van der Waals surface area contributed by atoms with Crippen LogP contribution in [-0.4, -0.2) is 46.7 Å². The summed E-state index contributed by atoms with van der Waals surface area (Å²) in [6.07, 6.45) is 2.03. The minimum absolute atomic E-state index is 0.0534. The van der Waals surface area contributed by atoms with Crippen LogP contribution in [0.5, 0.6) is 0 Å². The number of carbonyl (C=O) groups is 1. The van der Waals surface area contributed by atoms with Crippen LogP contribution in [0.15, 0.2) is 90.0 Å². The van der Waals surface area contributed by atoms with Gasteiger partial charge in [0.05, 0.1) is 18.0 Å². The van der Waals surface area contributed by atoms with Crippen LogP contribution in [0, 0.1) is 12.8 Å². The molecule has 0 aliphatic rings. The van der Waals surface area contributed by atoms with Gasteiger partial charge in [-0.25, -0.2) is 8.42 Å². The Morgan fingerprint density at radius 3 is 2.30 bits per heavy atom. The van der Waals surface area contributed by atoms with E-state index in [0.29, 0.717) is 13.1 Å². The van der Waals surface area contributed by atoms with Gasteiger partial charge in [-0.3, -0.25) is 4.79 Å². The van der Waals surface area contributed by atoms with Gasteiger partial charge in [0.2, 0.25) is 15.9 Å². The maximum atomic E-state index is 13.9. The first-order valence-corrected chi connectivity index (χ1v) is 15.3. The van der Waals surface area contributed by atoms with Crippen LogP contribution in [0.3, 0.4) is 0 Å². The lowest BCUT2D eigenvalue weighted by atomic mass is 10.1. The topological polar surface area (TPSA) is 62.6 Å². The minimum Gasteiger partial charge on any atom is -0.345 e. The van der Waals surface area contributed by atoms with E-state index in [1.54, 1.807) is 17.0 Å². The molecule has 0 saturated carbocycles. The number of amides is 1. The number of aromatic nitrogens is 1. The molecule has 1 heterocycles. The SMILES string of the molecule is Cc1cccc(Cn2cccc2CN(C(=O)CN(CC(C)C)S(=O)(=O)c2ccc3ccccc3c2)C(C)(C)C)c1. The average Bonchev–Trinajstić information content (AvgIpc) is 3.32. The van der Waals surface area contributed by atoms with Crippen molar-refractivity contribution < 1.29 is 13.2 Å². The van der Waals surface area contributed by atoms with Crippen LogP contribution in [0.25, 0.3) is 10.8 Å². The van der Waals surface area contributed by atoms with Crippen LogP contribution >= 0.6 is 0 Å². The fourth-order valence-corrected chi connectivity index (χ4v) is 6.57. The largest absolute Gasteiger partial charge is 0.345 e. The summed E-state index contributed by atoms with van der Waals surface area (Å²) < 4.78 is 31.2. The highest BCUT2D eigenvalue weighted by molar-refractivity contribution is 7.89. The monoisotopic (exact) mass is 559 g/mol. The molecule has 0 fully saturated rings. The van der Waals surface area contributed by atoms with E-state index in [9.17, 15) is 13.2 Å². The maximum Gasteiger partial charge on any atom is 0.243 e. The van der Waals surface area contributed by atoms with Crippen molar-refractivity contribution in [1.29, 1.82) is 0 Å². The van der Waals surface area contributed by atoms with Crippen LogP contribution in [-0.2, 0) is 27.9 Å². The predicted octanol–water partition coefficient (Wildman–Crippen LogP) is 6.47. The Labute approximate surface area is 239 Å². The molecule has 0 aliphatic carbocycles. The number of fused-ring (bicyclic) bond motifs is 1. The number of hydrogen-bond donors (Lipinski definition) is 0. The molecule has 0 atom stereocenters. The Kier molecular flexibility index (Phi) is 8.86. The number of sulfonamides is 1. The summed E-state index contributed by atoms with van der Waals surface area (Å²) in [6.45, 7) is 13.1. The lowest BCUT2D eigenvalue weighted by Gasteiger charge is -2.37. The average molecular weight is 560 g/mol. The first-order valence-electron chi connectivity index (χ1n) is 13.8. The number of rotatable bonds is 10. The van der Waals surface area contributed by atoms with Crippen molar-refractivity contribution in [2.24, 2.45) is 5.92 Å². The Morgan fingerprint density at radius 1 is 0.900 bits per heavy atom. The zero-order valence-corrected chi connectivity index (χ0v) is 25.3. The van der Waals surface area contributed by atoms with Crippen molar-refractivity contribution >= 4 is 26.7 Å². The fourth-order valence-electron chi connectivity index (χ4n) is 4.98. The molecular formula is C33H41N3O3S. The summed E-state index contributed by atoms with van der Waals surface area (Å²) in [4.78, 5) is 15.9. The highest BCUT2D eigenvalue weighted by Gasteiger charge is 2.33. The van der Waals surface area contributed by atoms with Gasteiger partial charge in [-0.2, -0.15) is 4.31 Å². The number of nitrogens with zero attached hydrogens (tertiary/aromatic N) is 3. The molecular weight excluding hydrogens is 518 g/mol. The third-order valence-electron chi connectivity index (χ3n) is 7.03. The molecule has 0 saturated heterocycles. The van der Waals surface area contributed by atoms with Gasteiger partial charge in [0, 0.05) is 30.5 Å². The van der Waals surface area contributed by atoms with Crippen LogP contribution in [0.1, 0.15) is 51.4 Å². The van der Waals surface area contributed by atoms with Gasteiger partial charge in [0.1, 0.15) is 0 Å². The molecule has 212 valence electrons. The molecule has 0 N–H and O–H groups in total. The first-order chi connectivity index (χ1) is 18.8. The molecule has 1 aromatic heterocycles. The van der Waals surface area contributed by atoms with Crippen molar-refractivity contribution in [1.82, 2.24) is 13.8 Å². The molecule has 0 radical (unpaired) electrons. The van der Waals surface area contributed by atoms with Gasteiger partial charge < -0.3 is 9.47 Å². The zero-order valence-electron chi connectivity index (χ0n) is 24.5. The molecule has 0 spiro atoms. The second-order valence-corrected chi connectivity index (χ2v) is 13.9. The van der Waals surface area contributed by atoms with Gasteiger partial charge in [-0.15, -0.1) is 0 Å². The molecule has 0 unspecified atom stereocenters. The number of aryl methyl sites for hydroxylation is 1. The predicted molar refractivity (Wildman–Crippen MR) is 163 cm³/mol. The van der Waals surface area contributed by atoms with E-state index in [1.807, 2.05) is 83.3 Å². The molecule has 1 amide bonds. The van der Waals surface area contributed by atoms with Gasteiger partial charge in [-0.05, 0) is 74.2 Å². The summed E-state index contributed by atoms with van der Waals surface area (Å²) in [6, 6.07) is 25.2. The number of carbonyl (C=O) groups excluding carboxylic acids is 1. The zero-order chi connectivity index (χ0) is 29.1. The van der Waals surface area contributed by atoms with E-state index in [-0.39, 0.29) is 29.8 Å². The third-order valence-corrected chi connectivity index (χ3v) is 8.84. The Balaban J connectivity index is 1.60. The maximum absolute atomic E-state index is 13.9. The number of benzene rings is 3. The van der Waals surface area contributed by atoms with Crippen LogP contribution in [0.2, 0.25) is 0 Å². The summed E-state index contributed by atoms with van der Waals surface area (Å²) in [5.74, 6) is -0.168. The van der Waals surface area contributed by atoms with Crippen molar-refractivity contribution in [3.63, 3.8) is 0 Å². The van der Waals surface area contributed by atoms with Crippen molar-refractivity contribution in [3.05, 3.63) is 102 Å². The second-order valence-electron chi connectivity index (χ2n) is 12.0. The fraction of sp³-hybridized carbons (Fsp3) is 0.364. The lowest BCUT2D eigenvalue weighted by molar-refractivity contribution is -0.137. The summed E-state index contributed by atoms with van der Waals surface area (Å²) >= 11 is 0. The van der Waals surface area contributed by atoms with E-state index in [2.05, 4.69) is 35.8 Å². The highest BCUT2D eigenvalue weighted by Crippen LogP contribution is 2.25. The van der Waals surface area contributed by atoms with Crippen LogP contribution < -0.4 is 0 Å². The van der Waals surface area contributed by atoms with Gasteiger partial charge in [-0.1, -0.05) is 74.0 Å². The molecule has 0 aliphatic heterocycles. The lowest BCUT2D eigenvalue weighted by Crippen LogP contribution is -2.50. The Morgan fingerprint density at radius 2 is 1.62 bits per heavy atom. The van der Waals surface area contributed by atoms with Gasteiger partial charge >= 0.3 is 0 Å². The van der Waals surface area contributed by atoms with Gasteiger partial charge in [0.25, 0.3) is 0 Å². The standard InChI is InChI=1S/C33H41N3O3S/c1-25(2)21-35(40(38,39)31-17-16-28-13-7-8-14-29(28)20-31)24-32(37)36(33(4,5)6)23-30-15-10-18-34(30)22-27-12-9-11-26(3)19-27/h7-20,25H,21-24H2,1-6H3. The summed E-state index contributed by atoms with van der Waals surface area (Å²) in [5.41, 5.74) is 2.88. The Hall–Kier alpha value is -3.42. The normalized spacial score (nSPS) is 12.4. The van der Waals surface area contributed by atoms with Crippen molar-refractivity contribution in [2.45, 2.75) is 65.1 Å². The Bertz CT molecular complexity index is 1580. The van der Waals surface area contributed by atoms with Crippen molar-refractivity contribution in [2.75, 3.05) is 13.1 Å². The number of hydrogen-bond acceptors (Lipinski definition) is 3. The minimum atomic E-state index is -3.90. The van der Waals surface area contributed by atoms with E-state index < -0.39 is 15.6 Å². The second kappa shape index (κ2) is 12.0. The molecule has 0 bridgehead atoms. The van der Waals surface area contributed by atoms with Crippen molar-refractivity contribution in [3.8, 4) is 0 Å². The molecule has 4 aromatic rings. The van der Waals surface area contributed by atoms with Gasteiger partial charge in [0.15, 0.2) is 0 Å². The molecule has 6 nitrogen and oxygen atoms in total. The molecule has 40 heavy (non-hydrogen) atoms. The highest BCUT2D eigenvalue weighted by atomic mass is 32.2. The van der Waals surface area contributed by atoms with E-state index >= 15 is 0 Å². The van der Waals surface area contributed by atoms with Crippen LogP contribution in [0.4, 0.5) is 0 Å². The van der Waals surface area contributed by atoms with E-state index in [0.717, 1.165) is 16.5 Å². The molecule has 7 heteroatoms. The van der Waals surface area contributed by atoms with E-state index in [4.69, 9.17) is 0 Å². The molecule has 4 rings (SSSR count). The smallest absolute Gasteiger partial charge is 0.243 e.